The van der Waals surface area contributed by atoms with Crippen molar-refractivity contribution in [3.8, 4) is 0 Å². The van der Waals surface area contributed by atoms with Gasteiger partial charge in [0.05, 0.1) is 11.5 Å². The fourth-order valence-electron chi connectivity index (χ4n) is 1.74. The lowest BCUT2D eigenvalue weighted by Crippen LogP contribution is -2.45. The van der Waals surface area contributed by atoms with E-state index in [0.29, 0.717) is 11.7 Å². The average Bonchev–Trinajstić information content (AvgIpc) is 2.16. The van der Waals surface area contributed by atoms with E-state index in [1.807, 2.05) is 24.3 Å². The molecule has 16 heavy (non-hydrogen) atoms. The summed E-state index contributed by atoms with van der Waals surface area (Å²) in [6.07, 6.45) is 0. The molecule has 3 nitrogen and oxygen atoms in total. The van der Waals surface area contributed by atoms with Crippen molar-refractivity contribution in [3.05, 3.63) is 34.3 Å². The van der Waals surface area contributed by atoms with Crippen LogP contribution in [0.3, 0.4) is 0 Å². The zero-order valence-corrected chi connectivity index (χ0v) is 11.2. The van der Waals surface area contributed by atoms with Crippen molar-refractivity contribution in [1.82, 2.24) is 5.32 Å². The summed E-state index contributed by atoms with van der Waals surface area (Å²) in [5, 5.41) is 3.09. The van der Waals surface area contributed by atoms with Crippen molar-refractivity contribution in [2.45, 2.75) is 5.75 Å². The maximum absolute atomic E-state index is 11.9. The Bertz CT molecular complexity index is 469. The Morgan fingerprint density at radius 2 is 2.00 bits per heavy atom. The number of nitrogens with one attached hydrogen (secondary N) is 1. The molecule has 0 unspecified atom stereocenters. The maximum atomic E-state index is 11.9. The molecule has 0 aliphatic carbocycles. The monoisotopic (exact) mass is 303 g/mol. The predicted molar refractivity (Wildman–Crippen MR) is 68.0 cm³/mol. The SMILES string of the molecule is O=S(=O)(Cc1ccccc1Br)CC1CNC1. The molecule has 1 fully saturated rings. The highest BCUT2D eigenvalue weighted by molar-refractivity contribution is 9.10. The quantitative estimate of drug-likeness (QED) is 0.919. The average molecular weight is 304 g/mol. The molecule has 0 bridgehead atoms. The Kier molecular flexibility index (Phi) is 3.66. The Balaban J connectivity index is 2.05. The molecule has 88 valence electrons. The van der Waals surface area contributed by atoms with E-state index in [4.69, 9.17) is 0 Å². The maximum Gasteiger partial charge on any atom is 0.154 e. The standard InChI is InChI=1S/C11H14BrNO2S/c12-11-4-2-1-3-10(11)8-16(14,15)7-9-5-13-6-9/h1-4,9,13H,5-8H2. The number of benzene rings is 1. The van der Waals surface area contributed by atoms with Crippen LogP contribution in [0.2, 0.25) is 0 Å². The highest BCUT2D eigenvalue weighted by atomic mass is 79.9. The summed E-state index contributed by atoms with van der Waals surface area (Å²) >= 11 is 3.37. The summed E-state index contributed by atoms with van der Waals surface area (Å²) in [7, 11) is -2.99. The Labute approximate surface area is 104 Å². The summed E-state index contributed by atoms with van der Waals surface area (Å²) in [4.78, 5) is 0. The second-order valence-electron chi connectivity index (χ2n) is 4.17. The molecular weight excluding hydrogens is 290 g/mol. The third-order valence-electron chi connectivity index (χ3n) is 2.69. The number of hydrogen-bond donors (Lipinski definition) is 1. The Hall–Kier alpha value is -0.390. The molecule has 1 heterocycles. The lowest BCUT2D eigenvalue weighted by atomic mass is 10.1. The summed E-state index contributed by atoms with van der Waals surface area (Å²) in [5.74, 6) is 0.721. The van der Waals surface area contributed by atoms with Crippen LogP contribution in [-0.4, -0.2) is 27.3 Å². The highest BCUT2D eigenvalue weighted by Gasteiger charge is 2.24. The third-order valence-corrected chi connectivity index (χ3v) is 5.19. The van der Waals surface area contributed by atoms with Crippen molar-refractivity contribution in [3.63, 3.8) is 0 Å². The number of halogens is 1. The number of hydrogen-bond acceptors (Lipinski definition) is 3. The van der Waals surface area contributed by atoms with Gasteiger partial charge in [0.1, 0.15) is 0 Å². The van der Waals surface area contributed by atoms with Gasteiger partial charge in [-0.05, 0) is 17.5 Å². The molecule has 1 aliphatic rings. The van der Waals surface area contributed by atoms with E-state index in [2.05, 4.69) is 21.2 Å². The van der Waals surface area contributed by atoms with Crippen LogP contribution in [0.1, 0.15) is 5.56 Å². The van der Waals surface area contributed by atoms with Gasteiger partial charge in [0.2, 0.25) is 0 Å². The zero-order valence-electron chi connectivity index (χ0n) is 8.82. The van der Waals surface area contributed by atoms with Crippen LogP contribution >= 0.6 is 15.9 Å². The van der Waals surface area contributed by atoms with Crippen molar-refractivity contribution in [2.24, 2.45) is 5.92 Å². The minimum atomic E-state index is -2.99. The molecule has 0 aromatic heterocycles. The largest absolute Gasteiger partial charge is 0.316 e. The van der Waals surface area contributed by atoms with E-state index in [-0.39, 0.29) is 5.75 Å². The molecule has 0 saturated carbocycles. The first-order valence-electron chi connectivity index (χ1n) is 5.21. The second kappa shape index (κ2) is 4.85. The first kappa shape index (κ1) is 12.1. The van der Waals surface area contributed by atoms with Crippen LogP contribution < -0.4 is 5.32 Å². The zero-order chi connectivity index (χ0) is 11.6. The van der Waals surface area contributed by atoms with E-state index in [1.54, 1.807) is 0 Å². The van der Waals surface area contributed by atoms with Crippen LogP contribution in [0.15, 0.2) is 28.7 Å². The van der Waals surface area contributed by atoms with Gasteiger partial charge in [-0.25, -0.2) is 8.42 Å². The molecule has 1 aromatic carbocycles. The van der Waals surface area contributed by atoms with Gasteiger partial charge in [0.25, 0.3) is 0 Å². The lowest BCUT2D eigenvalue weighted by Gasteiger charge is -2.26. The van der Waals surface area contributed by atoms with Crippen LogP contribution in [-0.2, 0) is 15.6 Å². The smallest absolute Gasteiger partial charge is 0.154 e. The number of sulfone groups is 1. The van der Waals surface area contributed by atoms with Crippen molar-refractivity contribution >= 4 is 25.8 Å². The molecule has 0 amide bonds. The van der Waals surface area contributed by atoms with E-state index in [0.717, 1.165) is 23.1 Å². The molecule has 0 radical (unpaired) electrons. The van der Waals surface area contributed by atoms with Crippen LogP contribution in [0.5, 0.6) is 0 Å². The van der Waals surface area contributed by atoms with Gasteiger partial charge in [0.15, 0.2) is 9.84 Å². The van der Waals surface area contributed by atoms with Gasteiger partial charge in [0, 0.05) is 17.6 Å². The Morgan fingerprint density at radius 1 is 1.31 bits per heavy atom. The van der Waals surface area contributed by atoms with E-state index < -0.39 is 9.84 Å². The normalized spacial score (nSPS) is 17.1. The minimum absolute atomic E-state index is 0.130. The first-order valence-corrected chi connectivity index (χ1v) is 7.83. The molecule has 1 aromatic rings. The van der Waals surface area contributed by atoms with Gasteiger partial charge < -0.3 is 5.32 Å². The van der Waals surface area contributed by atoms with Gasteiger partial charge in [-0.15, -0.1) is 0 Å². The fraction of sp³-hybridized carbons (Fsp3) is 0.455. The van der Waals surface area contributed by atoms with Gasteiger partial charge >= 0.3 is 0 Å². The lowest BCUT2D eigenvalue weighted by molar-refractivity contribution is 0.378. The molecule has 2 rings (SSSR count). The molecule has 1 aliphatic heterocycles. The molecule has 1 saturated heterocycles. The summed E-state index contributed by atoms with van der Waals surface area (Å²) in [6, 6.07) is 7.47. The molecular formula is C11H14BrNO2S. The van der Waals surface area contributed by atoms with Gasteiger partial charge in [-0.1, -0.05) is 34.1 Å². The third kappa shape index (κ3) is 3.06. The van der Waals surface area contributed by atoms with Gasteiger partial charge in [-0.2, -0.15) is 0 Å². The minimum Gasteiger partial charge on any atom is -0.316 e. The molecule has 0 spiro atoms. The van der Waals surface area contributed by atoms with Crippen molar-refractivity contribution < 1.29 is 8.42 Å². The summed E-state index contributed by atoms with van der Waals surface area (Å²) in [5.41, 5.74) is 0.842. The van der Waals surface area contributed by atoms with Crippen LogP contribution in [0.4, 0.5) is 0 Å². The van der Waals surface area contributed by atoms with Crippen molar-refractivity contribution in [1.29, 1.82) is 0 Å². The number of rotatable bonds is 4. The van der Waals surface area contributed by atoms with Crippen molar-refractivity contribution in [2.75, 3.05) is 18.8 Å². The van der Waals surface area contributed by atoms with E-state index in [9.17, 15) is 8.42 Å². The van der Waals surface area contributed by atoms with Crippen LogP contribution in [0, 0.1) is 5.92 Å². The topological polar surface area (TPSA) is 46.2 Å². The molecule has 1 N–H and O–H groups in total. The van der Waals surface area contributed by atoms with Crippen LogP contribution in [0.25, 0.3) is 0 Å². The Morgan fingerprint density at radius 3 is 2.56 bits per heavy atom. The van der Waals surface area contributed by atoms with Gasteiger partial charge in [-0.3, -0.25) is 0 Å². The second-order valence-corrected chi connectivity index (χ2v) is 7.13. The molecule has 5 heteroatoms. The van der Waals surface area contributed by atoms with E-state index >= 15 is 0 Å². The predicted octanol–water partition coefficient (Wildman–Crippen LogP) is 1.58. The molecule has 0 atom stereocenters. The summed E-state index contributed by atoms with van der Waals surface area (Å²) in [6.45, 7) is 1.66. The summed E-state index contributed by atoms with van der Waals surface area (Å²) < 4.78 is 24.7. The fourth-order valence-corrected chi connectivity index (χ4v) is 4.14. The first-order chi connectivity index (χ1) is 7.57. The van der Waals surface area contributed by atoms with E-state index in [1.165, 1.54) is 0 Å². The highest BCUT2D eigenvalue weighted by Crippen LogP contribution is 2.20.